The maximum absolute atomic E-state index is 5.78. The first-order valence-corrected chi connectivity index (χ1v) is 6.98. The number of rotatable bonds is 2. The van der Waals surface area contributed by atoms with Gasteiger partial charge in [-0.05, 0) is 55.5 Å². The molecule has 1 aliphatic rings. The van der Waals surface area contributed by atoms with Crippen LogP contribution in [-0.2, 0) is 5.33 Å². The zero-order valence-corrected chi connectivity index (χ0v) is 11.3. The Morgan fingerprint density at radius 3 is 2.62 bits per heavy atom. The number of hydrogen-bond donors (Lipinski definition) is 0. The molecule has 1 heterocycles. The second-order valence-electron chi connectivity index (χ2n) is 4.63. The molecule has 84 valence electrons. The van der Waals surface area contributed by atoms with Crippen molar-refractivity contribution >= 4 is 23.9 Å². The van der Waals surface area contributed by atoms with Gasteiger partial charge in [-0.3, -0.25) is 0 Å². The van der Waals surface area contributed by atoms with Crippen LogP contribution >= 0.6 is 15.9 Å². The third-order valence-electron chi connectivity index (χ3n) is 3.51. The first kappa shape index (κ1) is 12.2. The average Bonchev–Trinajstić information content (AvgIpc) is 2.30. The van der Waals surface area contributed by atoms with Crippen molar-refractivity contribution in [2.75, 3.05) is 13.1 Å². The lowest BCUT2D eigenvalue weighted by Crippen LogP contribution is -2.30. The molecular formula is C13H17BBrN. The molecule has 0 aromatic heterocycles. The van der Waals surface area contributed by atoms with E-state index in [1.807, 2.05) is 4.81 Å². The first-order valence-electron chi connectivity index (χ1n) is 5.85. The summed E-state index contributed by atoms with van der Waals surface area (Å²) in [5, 5.41) is 0.945. The minimum atomic E-state index is 0.697. The van der Waals surface area contributed by atoms with Crippen molar-refractivity contribution in [3.63, 3.8) is 0 Å². The van der Waals surface area contributed by atoms with Crippen molar-refractivity contribution < 1.29 is 0 Å². The average molecular weight is 278 g/mol. The van der Waals surface area contributed by atoms with E-state index in [0.717, 1.165) is 18.4 Å². The molecule has 0 N–H and O–H groups in total. The van der Waals surface area contributed by atoms with Crippen LogP contribution in [0.25, 0.3) is 0 Å². The second kappa shape index (κ2) is 5.37. The summed E-state index contributed by atoms with van der Waals surface area (Å²) in [6.45, 7) is 4.23. The van der Waals surface area contributed by atoms with Crippen molar-refractivity contribution in [3.05, 3.63) is 34.9 Å². The third kappa shape index (κ3) is 2.69. The summed E-state index contributed by atoms with van der Waals surface area (Å²) in [6.07, 6.45) is 2.37. The van der Waals surface area contributed by atoms with E-state index in [9.17, 15) is 0 Å². The van der Waals surface area contributed by atoms with E-state index in [-0.39, 0.29) is 0 Å². The zero-order chi connectivity index (χ0) is 11.5. The van der Waals surface area contributed by atoms with Crippen LogP contribution < -0.4 is 0 Å². The van der Waals surface area contributed by atoms with Gasteiger partial charge in [0.05, 0.1) is 0 Å². The molecule has 0 bridgehead atoms. The molecule has 1 aromatic rings. The van der Waals surface area contributed by atoms with Gasteiger partial charge < -0.3 is 4.81 Å². The standard InChI is InChI=1S/C13H17BBrN/c1-10-8-12(2-3-13(10)9-15)11-4-6-16(14)7-5-11/h2-3,8,11H,4-7,9H2,1H3. The van der Waals surface area contributed by atoms with Gasteiger partial charge in [-0.1, -0.05) is 34.1 Å². The normalized spacial score (nSPS) is 18.9. The van der Waals surface area contributed by atoms with Crippen molar-refractivity contribution in [2.24, 2.45) is 0 Å². The first-order chi connectivity index (χ1) is 7.70. The predicted molar refractivity (Wildman–Crippen MR) is 73.1 cm³/mol. The number of piperidine rings is 1. The molecule has 0 spiro atoms. The van der Waals surface area contributed by atoms with E-state index in [0.29, 0.717) is 5.92 Å². The third-order valence-corrected chi connectivity index (χ3v) is 4.12. The van der Waals surface area contributed by atoms with Gasteiger partial charge >= 0.3 is 0 Å². The van der Waals surface area contributed by atoms with Crippen molar-refractivity contribution in [3.8, 4) is 0 Å². The van der Waals surface area contributed by atoms with E-state index in [4.69, 9.17) is 7.98 Å². The number of aryl methyl sites for hydroxylation is 1. The molecule has 0 saturated carbocycles. The monoisotopic (exact) mass is 277 g/mol. The van der Waals surface area contributed by atoms with Gasteiger partial charge in [-0.25, -0.2) is 0 Å². The molecule has 1 aromatic carbocycles. The highest BCUT2D eigenvalue weighted by Gasteiger charge is 2.18. The van der Waals surface area contributed by atoms with Crippen LogP contribution in [0.2, 0.25) is 0 Å². The second-order valence-corrected chi connectivity index (χ2v) is 5.19. The summed E-state index contributed by atoms with van der Waals surface area (Å²) in [7, 11) is 5.78. The number of benzene rings is 1. The van der Waals surface area contributed by atoms with Gasteiger partial charge in [0.2, 0.25) is 0 Å². The van der Waals surface area contributed by atoms with Crippen molar-refractivity contribution in [1.82, 2.24) is 4.81 Å². The topological polar surface area (TPSA) is 3.24 Å². The van der Waals surface area contributed by atoms with E-state index < -0.39 is 0 Å². The van der Waals surface area contributed by atoms with Gasteiger partial charge in [0, 0.05) is 5.33 Å². The summed E-state index contributed by atoms with van der Waals surface area (Å²) in [6, 6.07) is 6.86. The van der Waals surface area contributed by atoms with Crippen LogP contribution in [-0.4, -0.2) is 25.9 Å². The van der Waals surface area contributed by atoms with E-state index in [1.165, 1.54) is 29.5 Å². The SMILES string of the molecule is [B]N1CCC(c2ccc(CBr)c(C)c2)CC1. The number of nitrogens with zero attached hydrogens (tertiary/aromatic N) is 1. The predicted octanol–water partition coefficient (Wildman–Crippen LogP) is 3.15. The molecule has 1 saturated heterocycles. The largest absolute Gasteiger partial charge is 0.353 e. The fourth-order valence-corrected chi connectivity index (χ4v) is 2.98. The van der Waals surface area contributed by atoms with Crippen LogP contribution in [0.5, 0.6) is 0 Å². The van der Waals surface area contributed by atoms with Crippen LogP contribution in [0.3, 0.4) is 0 Å². The Morgan fingerprint density at radius 1 is 1.38 bits per heavy atom. The fourth-order valence-electron chi connectivity index (χ4n) is 2.36. The molecule has 16 heavy (non-hydrogen) atoms. The lowest BCUT2D eigenvalue weighted by atomic mass is 9.87. The van der Waals surface area contributed by atoms with Crippen molar-refractivity contribution in [2.45, 2.75) is 31.0 Å². The van der Waals surface area contributed by atoms with Crippen LogP contribution in [0, 0.1) is 6.92 Å². The molecule has 0 aliphatic carbocycles. The summed E-state index contributed by atoms with van der Waals surface area (Å²) in [4.78, 5) is 1.93. The summed E-state index contributed by atoms with van der Waals surface area (Å²) < 4.78 is 0. The van der Waals surface area contributed by atoms with Crippen LogP contribution in [0.1, 0.15) is 35.4 Å². The van der Waals surface area contributed by atoms with Crippen LogP contribution in [0.4, 0.5) is 0 Å². The molecule has 1 fully saturated rings. The molecule has 1 aliphatic heterocycles. The highest BCUT2D eigenvalue weighted by Crippen LogP contribution is 2.29. The molecule has 0 amide bonds. The Bertz CT molecular complexity index is 359. The molecule has 2 radical (unpaired) electrons. The summed E-state index contributed by atoms with van der Waals surface area (Å²) in [5.74, 6) is 0.697. The van der Waals surface area contributed by atoms with Gasteiger partial charge in [0.1, 0.15) is 0 Å². The van der Waals surface area contributed by atoms with Crippen LogP contribution in [0.15, 0.2) is 18.2 Å². The smallest absolute Gasteiger partial charge is 0.182 e. The molecule has 2 rings (SSSR count). The fraction of sp³-hybridized carbons (Fsp3) is 0.538. The number of hydrogen-bond acceptors (Lipinski definition) is 1. The highest BCUT2D eigenvalue weighted by atomic mass is 79.9. The van der Waals surface area contributed by atoms with E-state index in [2.05, 4.69) is 41.1 Å². The van der Waals surface area contributed by atoms with Gasteiger partial charge in [-0.15, -0.1) is 0 Å². The Morgan fingerprint density at radius 2 is 2.06 bits per heavy atom. The quantitative estimate of drug-likeness (QED) is 0.593. The number of halogens is 1. The van der Waals surface area contributed by atoms with Gasteiger partial charge in [-0.2, -0.15) is 0 Å². The Hall–Kier alpha value is -0.275. The zero-order valence-electron chi connectivity index (χ0n) is 9.75. The maximum Gasteiger partial charge on any atom is 0.182 e. The number of alkyl halides is 1. The molecule has 0 atom stereocenters. The summed E-state index contributed by atoms with van der Waals surface area (Å²) in [5.41, 5.74) is 4.26. The Kier molecular flexibility index (Phi) is 4.09. The molecule has 1 nitrogen and oxygen atoms in total. The Labute approximate surface area is 108 Å². The lowest BCUT2D eigenvalue weighted by molar-refractivity contribution is 0.334. The van der Waals surface area contributed by atoms with Gasteiger partial charge in [0.15, 0.2) is 7.98 Å². The van der Waals surface area contributed by atoms with E-state index in [1.54, 1.807) is 0 Å². The van der Waals surface area contributed by atoms with E-state index >= 15 is 0 Å². The highest BCUT2D eigenvalue weighted by molar-refractivity contribution is 9.08. The summed E-state index contributed by atoms with van der Waals surface area (Å²) >= 11 is 3.51. The maximum atomic E-state index is 5.78. The minimum Gasteiger partial charge on any atom is -0.353 e. The van der Waals surface area contributed by atoms with Crippen molar-refractivity contribution in [1.29, 1.82) is 0 Å². The molecule has 0 unspecified atom stereocenters. The Balaban J connectivity index is 2.12. The molecule has 3 heteroatoms. The minimum absolute atomic E-state index is 0.697. The lowest BCUT2D eigenvalue weighted by Gasteiger charge is -2.30. The molecular weight excluding hydrogens is 261 g/mol. The van der Waals surface area contributed by atoms with Gasteiger partial charge in [0.25, 0.3) is 0 Å².